The molecular weight excluding hydrogens is 280 g/mol. The Balaban J connectivity index is 2.03. The van der Waals surface area contributed by atoms with Crippen LogP contribution in [0.2, 0.25) is 0 Å². The Hall–Kier alpha value is -3.28. The van der Waals surface area contributed by atoms with Gasteiger partial charge in [-0.2, -0.15) is 0 Å². The van der Waals surface area contributed by atoms with Crippen LogP contribution in [-0.2, 0) is 0 Å². The Morgan fingerprint density at radius 3 is 2.64 bits per heavy atom. The van der Waals surface area contributed by atoms with Crippen molar-refractivity contribution in [1.82, 2.24) is 15.0 Å². The first-order valence-electron chi connectivity index (χ1n) is 6.54. The second-order valence-electron chi connectivity index (χ2n) is 4.41. The molecule has 108 valence electrons. The highest BCUT2D eigenvalue weighted by Gasteiger charge is 2.13. The minimum Gasteiger partial charge on any atom is -0.437 e. The zero-order valence-corrected chi connectivity index (χ0v) is 11.5. The molecule has 0 aliphatic rings. The summed E-state index contributed by atoms with van der Waals surface area (Å²) in [5, 5.41) is 0. The molecule has 2 aromatic heterocycles. The molecule has 0 atom stereocenters. The first-order valence-corrected chi connectivity index (χ1v) is 6.54. The molecule has 0 saturated heterocycles. The average Bonchev–Trinajstić information content (AvgIpc) is 2.56. The number of pyridine rings is 1. The molecule has 2 heterocycles. The minimum atomic E-state index is -0.560. The van der Waals surface area contributed by atoms with Gasteiger partial charge in [0.2, 0.25) is 5.88 Å². The van der Waals surface area contributed by atoms with Crippen molar-refractivity contribution in [2.45, 2.75) is 0 Å². The summed E-state index contributed by atoms with van der Waals surface area (Å²) in [5.74, 6) is 0.133. The fourth-order valence-electron chi connectivity index (χ4n) is 1.98. The van der Waals surface area contributed by atoms with Crippen LogP contribution >= 0.6 is 0 Å². The topological polar surface area (TPSA) is 91.0 Å². The van der Waals surface area contributed by atoms with Gasteiger partial charge in [0.1, 0.15) is 12.1 Å². The van der Waals surface area contributed by atoms with Crippen molar-refractivity contribution in [3.63, 3.8) is 0 Å². The molecule has 6 nitrogen and oxygen atoms in total. The minimum absolute atomic E-state index is 0.293. The van der Waals surface area contributed by atoms with Gasteiger partial charge in [-0.1, -0.05) is 12.1 Å². The van der Waals surface area contributed by atoms with Crippen molar-refractivity contribution in [2.75, 3.05) is 0 Å². The maximum Gasteiger partial charge on any atom is 0.252 e. The summed E-state index contributed by atoms with van der Waals surface area (Å²) in [7, 11) is 0. The Labute approximate surface area is 126 Å². The number of nitrogens with zero attached hydrogens (tertiary/aromatic N) is 3. The number of amides is 1. The van der Waals surface area contributed by atoms with Gasteiger partial charge in [-0.05, 0) is 30.3 Å². The number of nitrogens with two attached hydrogens (primary N) is 1. The third kappa shape index (κ3) is 2.76. The maximum atomic E-state index is 11.5. The number of hydrogen-bond acceptors (Lipinski definition) is 5. The lowest BCUT2D eigenvalue weighted by Crippen LogP contribution is -2.12. The average molecular weight is 292 g/mol. The van der Waals surface area contributed by atoms with Crippen LogP contribution in [0.25, 0.3) is 11.3 Å². The van der Waals surface area contributed by atoms with Crippen molar-refractivity contribution in [3.05, 3.63) is 66.7 Å². The first kappa shape index (κ1) is 13.7. The smallest absolute Gasteiger partial charge is 0.252 e. The molecule has 3 rings (SSSR count). The number of carbonyl (C=O) groups excluding carboxylic acids is 1. The molecule has 0 spiro atoms. The highest BCUT2D eigenvalue weighted by Crippen LogP contribution is 2.31. The van der Waals surface area contributed by atoms with Gasteiger partial charge in [0.25, 0.3) is 5.91 Å². The number of primary amides is 1. The first-order chi connectivity index (χ1) is 10.8. The zero-order chi connectivity index (χ0) is 15.4. The summed E-state index contributed by atoms with van der Waals surface area (Å²) in [4.78, 5) is 23.8. The van der Waals surface area contributed by atoms with E-state index in [1.807, 2.05) is 6.07 Å². The van der Waals surface area contributed by atoms with E-state index in [4.69, 9.17) is 10.5 Å². The fraction of sp³-hybridized carbons (Fsp3) is 0. The number of aromatic nitrogens is 3. The molecule has 0 unspecified atom stereocenters. The third-order valence-electron chi connectivity index (χ3n) is 2.99. The molecular formula is C16H12N4O2. The van der Waals surface area contributed by atoms with Gasteiger partial charge in [-0.3, -0.25) is 4.79 Å². The zero-order valence-electron chi connectivity index (χ0n) is 11.5. The van der Waals surface area contributed by atoms with Gasteiger partial charge in [-0.15, -0.1) is 0 Å². The van der Waals surface area contributed by atoms with E-state index in [9.17, 15) is 4.79 Å². The second-order valence-corrected chi connectivity index (χ2v) is 4.41. The predicted octanol–water partition coefficient (Wildman–Crippen LogP) is 2.43. The number of carbonyl (C=O) groups is 1. The molecule has 1 aromatic carbocycles. The summed E-state index contributed by atoms with van der Waals surface area (Å²) < 4.78 is 5.78. The molecule has 1 amide bonds. The van der Waals surface area contributed by atoms with Gasteiger partial charge in [0.15, 0.2) is 0 Å². The molecule has 0 aliphatic heterocycles. The molecule has 0 saturated carbocycles. The van der Waals surface area contributed by atoms with E-state index in [1.54, 1.807) is 48.8 Å². The van der Waals surface area contributed by atoms with Gasteiger partial charge in [0.05, 0.1) is 16.8 Å². The Morgan fingerprint density at radius 2 is 1.86 bits per heavy atom. The fourth-order valence-corrected chi connectivity index (χ4v) is 1.98. The number of rotatable bonds is 4. The van der Waals surface area contributed by atoms with E-state index < -0.39 is 5.91 Å². The molecule has 0 bridgehead atoms. The molecule has 3 aromatic rings. The van der Waals surface area contributed by atoms with Crippen LogP contribution < -0.4 is 10.5 Å². The lowest BCUT2D eigenvalue weighted by Gasteiger charge is -2.11. The largest absolute Gasteiger partial charge is 0.437 e. The van der Waals surface area contributed by atoms with Gasteiger partial charge in [0, 0.05) is 12.4 Å². The molecule has 6 heteroatoms. The van der Waals surface area contributed by atoms with E-state index in [0.717, 1.165) is 0 Å². The molecule has 22 heavy (non-hydrogen) atoms. The van der Waals surface area contributed by atoms with Crippen molar-refractivity contribution in [1.29, 1.82) is 0 Å². The summed E-state index contributed by atoms with van der Waals surface area (Å²) in [6.07, 6.45) is 4.69. The van der Waals surface area contributed by atoms with Crippen LogP contribution in [0.1, 0.15) is 10.4 Å². The third-order valence-corrected chi connectivity index (χ3v) is 2.99. The van der Waals surface area contributed by atoms with Crippen molar-refractivity contribution in [3.8, 4) is 22.9 Å². The summed E-state index contributed by atoms with van der Waals surface area (Å²) >= 11 is 0. The van der Waals surface area contributed by atoms with Gasteiger partial charge >= 0.3 is 0 Å². The van der Waals surface area contributed by atoms with Gasteiger partial charge in [-0.25, -0.2) is 15.0 Å². The normalized spacial score (nSPS) is 10.2. The number of benzene rings is 1. The number of hydrogen-bond donors (Lipinski definition) is 1. The van der Waals surface area contributed by atoms with Crippen molar-refractivity contribution < 1.29 is 9.53 Å². The van der Waals surface area contributed by atoms with Crippen molar-refractivity contribution in [2.24, 2.45) is 5.73 Å². The molecule has 0 radical (unpaired) electrons. The lowest BCUT2D eigenvalue weighted by atomic mass is 10.2. The lowest BCUT2D eigenvalue weighted by molar-refractivity contribution is 0.0998. The summed E-state index contributed by atoms with van der Waals surface area (Å²) in [6.45, 7) is 0. The van der Waals surface area contributed by atoms with E-state index in [-0.39, 0.29) is 0 Å². The number of ether oxygens (including phenoxy) is 1. The Morgan fingerprint density at radius 1 is 1.00 bits per heavy atom. The predicted molar refractivity (Wildman–Crippen MR) is 80.3 cm³/mol. The van der Waals surface area contributed by atoms with Crippen LogP contribution in [-0.4, -0.2) is 20.9 Å². The monoisotopic (exact) mass is 292 g/mol. The van der Waals surface area contributed by atoms with Crippen LogP contribution in [0.4, 0.5) is 0 Å². The molecule has 2 N–H and O–H groups in total. The highest BCUT2D eigenvalue weighted by atomic mass is 16.5. The van der Waals surface area contributed by atoms with Crippen LogP contribution in [0.15, 0.2) is 61.2 Å². The maximum absolute atomic E-state index is 11.5. The molecule has 0 fully saturated rings. The van der Waals surface area contributed by atoms with E-state index in [2.05, 4.69) is 15.0 Å². The Kier molecular flexibility index (Phi) is 3.74. The van der Waals surface area contributed by atoms with Crippen molar-refractivity contribution >= 4 is 5.91 Å². The molecule has 0 aliphatic carbocycles. The van der Waals surface area contributed by atoms with E-state index in [0.29, 0.717) is 28.5 Å². The van der Waals surface area contributed by atoms with Crippen LogP contribution in [0.3, 0.4) is 0 Å². The van der Waals surface area contributed by atoms with Crippen LogP contribution in [0.5, 0.6) is 11.6 Å². The second kappa shape index (κ2) is 6.01. The number of para-hydroxylation sites is 1. The van der Waals surface area contributed by atoms with Crippen LogP contribution in [0, 0.1) is 0 Å². The van der Waals surface area contributed by atoms with E-state index >= 15 is 0 Å². The Bertz CT molecular complexity index is 806. The summed E-state index contributed by atoms with van der Waals surface area (Å²) in [6, 6.07) is 12.1. The quantitative estimate of drug-likeness (QED) is 0.797. The van der Waals surface area contributed by atoms with Gasteiger partial charge < -0.3 is 10.5 Å². The SMILES string of the molecule is NC(=O)c1ccccc1Oc1ncccc1-c1ccncn1. The standard InChI is InChI=1S/C16H12N4O2/c17-15(21)12-4-1-2-6-14(12)22-16-11(5-3-8-19-16)13-7-9-18-10-20-13/h1-10H,(H2,17,21). The van der Waals surface area contributed by atoms with E-state index in [1.165, 1.54) is 6.33 Å². The highest BCUT2D eigenvalue weighted by molar-refractivity contribution is 5.95. The summed E-state index contributed by atoms with van der Waals surface area (Å²) in [5.41, 5.74) is 7.02.